The lowest BCUT2D eigenvalue weighted by Crippen LogP contribution is -2.52. The van der Waals surface area contributed by atoms with Crippen molar-refractivity contribution in [3.63, 3.8) is 0 Å². The summed E-state index contributed by atoms with van der Waals surface area (Å²) in [6.07, 6.45) is 4.50. The van der Waals surface area contributed by atoms with Gasteiger partial charge in [0.1, 0.15) is 11.9 Å². The second-order valence-corrected chi connectivity index (χ2v) is 8.47. The number of benzene rings is 2. The molecule has 0 radical (unpaired) electrons. The van der Waals surface area contributed by atoms with Gasteiger partial charge in [-0.1, -0.05) is 24.3 Å². The van der Waals surface area contributed by atoms with Gasteiger partial charge in [0, 0.05) is 32.2 Å². The average molecular weight is 391 g/mol. The van der Waals surface area contributed by atoms with Crippen molar-refractivity contribution in [2.75, 3.05) is 31.1 Å². The second-order valence-electron chi connectivity index (χ2n) is 8.47. The molecule has 29 heavy (non-hydrogen) atoms. The maximum absolute atomic E-state index is 13.4. The minimum absolute atomic E-state index is 0.0648. The van der Waals surface area contributed by atoms with E-state index < -0.39 is 0 Å². The molecule has 5 heteroatoms. The van der Waals surface area contributed by atoms with E-state index in [4.69, 9.17) is 4.74 Å². The van der Waals surface area contributed by atoms with E-state index in [-0.39, 0.29) is 11.4 Å². The number of fused-ring (bicyclic) bond motifs is 2. The molecule has 1 aliphatic carbocycles. The minimum Gasteiger partial charge on any atom is -0.368 e. The predicted octanol–water partition coefficient (Wildman–Crippen LogP) is 4.19. The molecule has 0 aromatic heterocycles. The highest BCUT2D eigenvalue weighted by Crippen LogP contribution is 2.47. The molecule has 0 amide bonds. The highest BCUT2D eigenvalue weighted by atomic mass is 19.1. The van der Waals surface area contributed by atoms with Gasteiger partial charge in [-0.3, -0.25) is 4.90 Å². The van der Waals surface area contributed by atoms with Crippen molar-refractivity contribution < 1.29 is 9.13 Å². The highest BCUT2D eigenvalue weighted by molar-refractivity contribution is 5.59. The largest absolute Gasteiger partial charge is 0.368 e. The van der Waals surface area contributed by atoms with Gasteiger partial charge in [0.25, 0.3) is 0 Å². The van der Waals surface area contributed by atoms with Crippen LogP contribution in [0.5, 0.6) is 0 Å². The van der Waals surface area contributed by atoms with Crippen molar-refractivity contribution in [3.8, 4) is 6.07 Å². The van der Waals surface area contributed by atoms with E-state index in [1.807, 2.05) is 0 Å². The van der Waals surface area contributed by atoms with Crippen LogP contribution in [0.1, 0.15) is 42.4 Å². The lowest BCUT2D eigenvalue weighted by molar-refractivity contribution is -0.0777. The third kappa shape index (κ3) is 3.31. The predicted molar refractivity (Wildman–Crippen MR) is 110 cm³/mol. The van der Waals surface area contributed by atoms with Gasteiger partial charge in [-0.2, -0.15) is 5.26 Å². The second kappa shape index (κ2) is 7.44. The number of rotatable bonds is 2. The Bertz CT molecular complexity index is 937. The Morgan fingerprint density at radius 2 is 1.79 bits per heavy atom. The van der Waals surface area contributed by atoms with E-state index in [0.29, 0.717) is 11.6 Å². The maximum Gasteiger partial charge on any atom is 0.124 e. The third-order valence-electron chi connectivity index (χ3n) is 7.03. The zero-order chi connectivity index (χ0) is 19.8. The standard InChI is InChI=1S/C24H26FN3O/c25-20-5-6-23(19(15-20)16-26)28-13-11-27(12-14-28)21-7-9-24(10-8-21)22-4-2-1-3-18(22)17-29-24/h1-6,15,21H,7-14,17H2. The van der Waals surface area contributed by atoms with Crippen molar-refractivity contribution in [2.45, 2.75) is 43.9 Å². The first-order valence-corrected chi connectivity index (χ1v) is 10.6. The van der Waals surface area contributed by atoms with Gasteiger partial charge >= 0.3 is 0 Å². The van der Waals surface area contributed by atoms with Crippen molar-refractivity contribution in [2.24, 2.45) is 0 Å². The number of piperazine rings is 1. The van der Waals surface area contributed by atoms with E-state index in [2.05, 4.69) is 40.1 Å². The Balaban J connectivity index is 1.21. The van der Waals surface area contributed by atoms with Gasteiger partial charge in [0.05, 0.1) is 23.5 Å². The first kappa shape index (κ1) is 18.6. The normalized spacial score (nSPS) is 27.0. The quantitative estimate of drug-likeness (QED) is 0.770. The van der Waals surface area contributed by atoms with Gasteiger partial charge in [-0.25, -0.2) is 4.39 Å². The van der Waals surface area contributed by atoms with E-state index in [0.717, 1.165) is 64.2 Å². The molecule has 2 heterocycles. The number of hydrogen-bond donors (Lipinski definition) is 0. The van der Waals surface area contributed by atoms with E-state index in [1.165, 1.54) is 23.3 Å². The molecule has 2 aliphatic heterocycles. The number of nitriles is 1. The summed E-state index contributed by atoms with van der Waals surface area (Å²) in [5.41, 5.74) is 3.98. The fourth-order valence-electron chi connectivity index (χ4n) is 5.43. The highest BCUT2D eigenvalue weighted by Gasteiger charge is 2.43. The lowest BCUT2D eigenvalue weighted by atomic mass is 9.77. The summed E-state index contributed by atoms with van der Waals surface area (Å²) in [7, 11) is 0. The fraction of sp³-hybridized carbons (Fsp3) is 0.458. The van der Waals surface area contributed by atoms with Crippen LogP contribution in [0.15, 0.2) is 42.5 Å². The molecule has 0 bridgehead atoms. The van der Waals surface area contributed by atoms with Crippen LogP contribution in [-0.4, -0.2) is 37.1 Å². The van der Waals surface area contributed by atoms with Crippen LogP contribution in [-0.2, 0) is 16.9 Å². The molecular formula is C24H26FN3O. The average Bonchev–Trinajstić information content (AvgIpc) is 3.13. The summed E-state index contributed by atoms with van der Waals surface area (Å²) in [5, 5.41) is 9.33. The summed E-state index contributed by atoms with van der Waals surface area (Å²) in [6, 6.07) is 15.9. The molecule has 150 valence electrons. The lowest BCUT2D eigenvalue weighted by Gasteiger charge is -2.45. The first-order chi connectivity index (χ1) is 14.2. The number of ether oxygens (including phenoxy) is 1. The van der Waals surface area contributed by atoms with Crippen molar-refractivity contribution >= 4 is 5.69 Å². The summed E-state index contributed by atoms with van der Waals surface area (Å²) >= 11 is 0. The Kier molecular flexibility index (Phi) is 4.77. The van der Waals surface area contributed by atoms with Crippen LogP contribution in [0.25, 0.3) is 0 Å². The number of halogens is 1. The molecular weight excluding hydrogens is 365 g/mol. The van der Waals surface area contributed by atoms with Gasteiger partial charge in [0.15, 0.2) is 0 Å². The molecule has 0 atom stereocenters. The molecule has 1 spiro atoms. The van der Waals surface area contributed by atoms with E-state index in [1.54, 1.807) is 6.07 Å². The van der Waals surface area contributed by atoms with Crippen LogP contribution >= 0.6 is 0 Å². The molecule has 1 saturated heterocycles. The van der Waals surface area contributed by atoms with Gasteiger partial charge in [-0.15, -0.1) is 0 Å². The summed E-state index contributed by atoms with van der Waals surface area (Å²) in [6.45, 7) is 4.47. The Labute approximate surface area is 171 Å². The monoisotopic (exact) mass is 391 g/mol. The van der Waals surface area contributed by atoms with Gasteiger partial charge < -0.3 is 9.64 Å². The smallest absolute Gasteiger partial charge is 0.124 e. The zero-order valence-corrected chi connectivity index (χ0v) is 16.6. The third-order valence-corrected chi connectivity index (χ3v) is 7.03. The van der Waals surface area contributed by atoms with Crippen molar-refractivity contribution in [1.82, 2.24) is 4.90 Å². The summed E-state index contributed by atoms with van der Waals surface area (Å²) in [4.78, 5) is 4.81. The molecule has 4 nitrogen and oxygen atoms in total. The van der Waals surface area contributed by atoms with Crippen LogP contribution < -0.4 is 4.90 Å². The molecule has 0 N–H and O–H groups in total. The van der Waals surface area contributed by atoms with E-state index in [9.17, 15) is 9.65 Å². The van der Waals surface area contributed by atoms with Crippen molar-refractivity contribution in [3.05, 3.63) is 65.0 Å². The Morgan fingerprint density at radius 1 is 1.03 bits per heavy atom. The minimum atomic E-state index is -0.351. The van der Waals surface area contributed by atoms with Gasteiger partial charge in [-0.05, 0) is 55.0 Å². The fourth-order valence-corrected chi connectivity index (χ4v) is 5.43. The molecule has 0 unspecified atom stereocenters. The molecule has 2 aromatic rings. The van der Waals surface area contributed by atoms with Crippen LogP contribution in [0.3, 0.4) is 0 Å². The number of hydrogen-bond acceptors (Lipinski definition) is 4. The van der Waals surface area contributed by atoms with Gasteiger partial charge in [0.2, 0.25) is 0 Å². The van der Waals surface area contributed by atoms with Crippen LogP contribution in [0.2, 0.25) is 0 Å². The number of nitrogens with zero attached hydrogens (tertiary/aromatic N) is 3. The number of anilines is 1. The molecule has 2 fully saturated rings. The Hall–Kier alpha value is -2.42. The molecule has 2 aromatic carbocycles. The van der Waals surface area contributed by atoms with Crippen LogP contribution in [0, 0.1) is 17.1 Å². The maximum atomic E-state index is 13.4. The van der Waals surface area contributed by atoms with Crippen LogP contribution in [0.4, 0.5) is 10.1 Å². The first-order valence-electron chi connectivity index (χ1n) is 10.6. The summed E-state index contributed by atoms with van der Waals surface area (Å²) < 4.78 is 19.7. The zero-order valence-electron chi connectivity index (χ0n) is 16.6. The van der Waals surface area contributed by atoms with E-state index >= 15 is 0 Å². The van der Waals surface area contributed by atoms with Crippen molar-refractivity contribution in [1.29, 1.82) is 5.26 Å². The molecule has 1 saturated carbocycles. The topological polar surface area (TPSA) is 39.5 Å². The molecule has 5 rings (SSSR count). The molecule has 3 aliphatic rings. The Morgan fingerprint density at radius 3 is 2.55 bits per heavy atom. The SMILES string of the molecule is N#Cc1cc(F)ccc1N1CCN(C2CCC3(CC2)OCc2ccccc23)CC1. The summed E-state index contributed by atoms with van der Waals surface area (Å²) in [5.74, 6) is -0.351.